The van der Waals surface area contributed by atoms with E-state index in [0.29, 0.717) is 13.0 Å². The third-order valence-electron chi connectivity index (χ3n) is 3.44. The number of nitrogens with zero attached hydrogens (tertiary/aromatic N) is 1. The molecule has 2 aromatic carbocycles. The Morgan fingerprint density at radius 3 is 2.33 bits per heavy atom. The van der Waals surface area contributed by atoms with Crippen LogP contribution in [0, 0.1) is 24.0 Å². The number of nitrogens with one attached hydrogen (secondary N) is 1. The van der Waals surface area contributed by atoms with Crippen molar-refractivity contribution in [2.24, 2.45) is 0 Å². The molecule has 0 saturated carbocycles. The predicted octanol–water partition coefficient (Wildman–Crippen LogP) is 4.39. The second-order valence-electron chi connectivity index (χ2n) is 5.30. The molecular formula is C17H20N2O2. The molecule has 0 atom stereocenters. The van der Waals surface area contributed by atoms with E-state index >= 15 is 0 Å². The van der Waals surface area contributed by atoms with E-state index in [9.17, 15) is 10.1 Å². The van der Waals surface area contributed by atoms with Crippen molar-refractivity contribution in [3.05, 3.63) is 68.8 Å². The summed E-state index contributed by atoms with van der Waals surface area (Å²) in [4.78, 5) is 10.8. The summed E-state index contributed by atoms with van der Waals surface area (Å²) in [5.41, 5.74) is 5.34. The van der Waals surface area contributed by atoms with Gasteiger partial charge in [0.2, 0.25) is 0 Å². The molecule has 2 aromatic rings. The Kier molecular flexibility index (Phi) is 4.58. The van der Waals surface area contributed by atoms with Gasteiger partial charge in [0, 0.05) is 23.9 Å². The highest BCUT2D eigenvalue weighted by Crippen LogP contribution is 2.24. The minimum Gasteiger partial charge on any atom is -0.381 e. The molecule has 2 rings (SSSR count). The molecule has 0 fully saturated rings. The fraction of sp³-hybridized carbons (Fsp3) is 0.294. The van der Waals surface area contributed by atoms with Crippen molar-refractivity contribution in [2.45, 2.75) is 33.7 Å². The highest BCUT2D eigenvalue weighted by atomic mass is 16.6. The van der Waals surface area contributed by atoms with Gasteiger partial charge in [0.05, 0.1) is 4.92 Å². The maximum absolute atomic E-state index is 11.1. The summed E-state index contributed by atoms with van der Waals surface area (Å²) in [7, 11) is 0. The topological polar surface area (TPSA) is 55.2 Å². The largest absolute Gasteiger partial charge is 0.381 e. The number of anilines is 1. The van der Waals surface area contributed by atoms with E-state index in [1.165, 1.54) is 16.7 Å². The zero-order valence-corrected chi connectivity index (χ0v) is 12.6. The number of hydrogen-bond acceptors (Lipinski definition) is 3. The molecule has 0 heterocycles. The molecule has 1 N–H and O–H groups in total. The fourth-order valence-electron chi connectivity index (χ4n) is 2.52. The molecule has 0 aliphatic heterocycles. The zero-order chi connectivity index (χ0) is 15.4. The van der Waals surface area contributed by atoms with Crippen molar-refractivity contribution >= 4 is 11.4 Å². The average Bonchev–Trinajstić information content (AvgIpc) is 2.43. The molecule has 4 nitrogen and oxygen atoms in total. The second-order valence-corrected chi connectivity index (χ2v) is 5.30. The van der Waals surface area contributed by atoms with E-state index in [2.05, 4.69) is 37.4 Å². The van der Waals surface area contributed by atoms with Gasteiger partial charge in [-0.15, -0.1) is 0 Å². The summed E-state index contributed by atoms with van der Waals surface area (Å²) in [6, 6.07) is 11.7. The molecule has 0 amide bonds. The van der Waals surface area contributed by atoms with Crippen molar-refractivity contribution in [2.75, 3.05) is 5.32 Å². The Balaban J connectivity index is 2.16. The monoisotopic (exact) mass is 284 g/mol. The minimum atomic E-state index is -0.319. The van der Waals surface area contributed by atoms with E-state index < -0.39 is 0 Å². The predicted molar refractivity (Wildman–Crippen MR) is 85.7 cm³/mol. The number of benzene rings is 2. The molecule has 0 spiro atoms. The van der Waals surface area contributed by atoms with Crippen molar-refractivity contribution in [1.29, 1.82) is 0 Å². The van der Waals surface area contributed by atoms with Crippen LogP contribution in [0.15, 0.2) is 36.4 Å². The molecule has 0 radical (unpaired) electrons. The van der Waals surface area contributed by atoms with Gasteiger partial charge in [0.15, 0.2) is 0 Å². The van der Waals surface area contributed by atoms with Crippen molar-refractivity contribution < 1.29 is 4.92 Å². The zero-order valence-electron chi connectivity index (χ0n) is 12.6. The van der Waals surface area contributed by atoms with Crippen LogP contribution in [-0.2, 0) is 13.0 Å². The lowest BCUT2D eigenvalue weighted by Crippen LogP contribution is -2.02. The molecule has 110 valence electrons. The van der Waals surface area contributed by atoms with Gasteiger partial charge in [0.1, 0.15) is 0 Å². The first kappa shape index (κ1) is 15.0. The van der Waals surface area contributed by atoms with Gasteiger partial charge in [-0.25, -0.2) is 0 Å². The smallest absolute Gasteiger partial charge is 0.274 e. The van der Waals surface area contributed by atoms with Crippen LogP contribution in [0.4, 0.5) is 11.4 Å². The van der Waals surface area contributed by atoms with E-state index in [0.717, 1.165) is 11.3 Å². The fourth-order valence-corrected chi connectivity index (χ4v) is 2.52. The maximum atomic E-state index is 11.1. The summed E-state index contributed by atoms with van der Waals surface area (Å²) < 4.78 is 0. The second kappa shape index (κ2) is 6.39. The Labute approximate surface area is 125 Å². The van der Waals surface area contributed by atoms with E-state index in [1.54, 1.807) is 6.07 Å². The SMILES string of the molecule is CCc1ccc(NCc2cc(C)cc(C)c2)cc1[N+](=O)[O-]. The molecule has 0 unspecified atom stereocenters. The number of rotatable bonds is 5. The first-order chi connectivity index (χ1) is 9.99. The molecule has 21 heavy (non-hydrogen) atoms. The summed E-state index contributed by atoms with van der Waals surface area (Å²) in [5.74, 6) is 0. The molecule has 0 aliphatic carbocycles. The summed E-state index contributed by atoms with van der Waals surface area (Å²) in [6.45, 7) is 6.71. The molecule has 0 aliphatic rings. The quantitative estimate of drug-likeness (QED) is 0.654. The van der Waals surface area contributed by atoms with Gasteiger partial charge >= 0.3 is 0 Å². The van der Waals surface area contributed by atoms with E-state index in [1.807, 2.05) is 19.1 Å². The summed E-state index contributed by atoms with van der Waals surface area (Å²) in [6.07, 6.45) is 0.660. The molecule has 0 bridgehead atoms. The summed E-state index contributed by atoms with van der Waals surface area (Å²) >= 11 is 0. The number of aryl methyl sites for hydroxylation is 3. The van der Waals surface area contributed by atoms with Crippen LogP contribution in [0.2, 0.25) is 0 Å². The van der Waals surface area contributed by atoms with E-state index in [-0.39, 0.29) is 10.6 Å². The average molecular weight is 284 g/mol. The van der Waals surface area contributed by atoms with Gasteiger partial charge < -0.3 is 5.32 Å². The third-order valence-corrected chi connectivity index (χ3v) is 3.44. The van der Waals surface area contributed by atoms with Crippen LogP contribution >= 0.6 is 0 Å². The van der Waals surface area contributed by atoms with Crippen molar-refractivity contribution in [1.82, 2.24) is 0 Å². The summed E-state index contributed by atoms with van der Waals surface area (Å²) in [5, 5.41) is 14.3. The van der Waals surface area contributed by atoms with Crippen molar-refractivity contribution in [3.8, 4) is 0 Å². The van der Waals surface area contributed by atoms with E-state index in [4.69, 9.17) is 0 Å². The molecule has 4 heteroatoms. The highest BCUT2D eigenvalue weighted by molar-refractivity contribution is 5.55. The lowest BCUT2D eigenvalue weighted by molar-refractivity contribution is -0.385. The van der Waals surface area contributed by atoms with Gasteiger partial charge in [-0.1, -0.05) is 42.3 Å². The number of nitro groups is 1. The standard InChI is InChI=1S/C17H20N2O2/c1-4-15-5-6-16(10-17(15)19(20)21)18-11-14-8-12(2)7-13(3)9-14/h5-10,18H,4,11H2,1-3H3. The first-order valence-corrected chi connectivity index (χ1v) is 7.08. The van der Waals surface area contributed by atoms with Crippen LogP contribution in [0.1, 0.15) is 29.2 Å². The first-order valence-electron chi connectivity index (χ1n) is 7.08. The number of nitro benzene ring substituents is 1. The van der Waals surface area contributed by atoms with Crippen LogP contribution < -0.4 is 5.32 Å². The van der Waals surface area contributed by atoms with Gasteiger partial charge in [0.25, 0.3) is 5.69 Å². The minimum absolute atomic E-state index is 0.183. The molecule has 0 aromatic heterocycles. The maximum Gasteiger partial charge on any atom is 0.274 e. The Morgan fingerprint density at radius 2 is 1.76 bits per heavy atom. The van der Waals surface area contributed by atoms with Gasteiger partial charge in [-0.05, 0) is 31.9 Å². The van der Waals surface area contributed by atoms with Crippen LogP contribution in [-0.4, -0.2) is 4.92 Å². The lowest BCUT2D eigenvalue weighted by Gasteiger charge is -2.09. The Bertz CT molecular complexity index is 646. The van der Waals surface area contributed by atoms with Gasteiger partial charge in [-0.2, -0.15) is 0 Å². The van der Waals surface area contributed by atoms with Crippen molar-refractivity contribution in [3.63, 3.8) is 0 Å². The normalized spacial score (nSPS) is 10.4. The third kappa shape index (κ3) is 3.81. The van der Waals surface area contributed by atoms with Gasteiger partial charge in [-0.3, -0.25) is 10.1 Å². The lowest BCUT2D eigenvalue weighted by atomic mass is 10.1. The Morgan fingerprint density at radius 1 is 1.10 bits per heavy atom. The highest BCUT2D eigenvalue weighted by Gasteiger charge is 2.12. The van der Waals surface area contributed by atoms with Crippen LogP contribution in [0.5, 0.6) is 0 Å². The van der Waals surface area contributed by atoms with Crippen LogP contribution in [0.3, 0.4) is 0 Å². The molecular weight excluding hydrogens is 264 g/mol. The number of hydrogen-bond donors (Lipinski definition) is 1. The molecule has 0 saturated heterocycles. The Hall–Kier alpha value is -2.36. The van der Waals surface area contributed by atoms with Crippen LogP contribution in [0.25, 0.3) is 0 Å².